The first-order valence-corrected chi connectivity index (χ1v) is 23.9. The third kappa shape index (κ3) is 5.86. The first kappa shape index (κ1) is 39.2. The Labute approximate surface area is 402 Å². The molecule has 1 unspecified atom stereocenters. The molecule has 1 atom stereocenters. The maximum absolute atomic E-state index is 2.52. The molecule has 322 valence electrons. The van der Waals surface area contributed by atoms with Crippen molar-refractivity contribution < 1.29 is 0 Å². The number of anilines is 3. The van der Waals surface area contributed by atoms with Gasteiger partial charge in [-0.2, -0.15) is 0 Å². The SMILES string of the molecule is c1ccc(-c2ccc(-c3ccc(N(c4ccc(-c5cccc6c5C5(c7ccccc7-6)c6ccccc6-n6c7ccccc7c7cccc5c76)cc4)c4ccccc4-c4ccccc4)cc3)cc2)cc1. The molecule has 2 aliphatic rings. The van der Waals surface area contributed by atoms with Gasteiger partial charge in [-0.1, -0.05) is 224 Å². The monoisotopic (exact) mass is 876 g/mol. The van der Waals surface area contributed by atoms with E-state index in [-0.39, 0.29) is 0 Å². The Morgan fingerprint density at radius 2 is 0.754 bits per heavy atom. The molecule has 0 saturated carbocycles. The molecule has 2 heterocycles. The van der Waals surface area contributed by atoms with Crippen molar-refractivity contribution in [2.45, 2.75) is 5.41 Å². The maximum Gasteiger partial charge on any atom is 0.0760 e. The number of fused-ring (bicyclic) bond motifs is 12. The average molecular weight is 877 g/mol. The van der Waals surface area contributed by atoms with Crippen LogP contribution in [0.1, 0.15) is 22.3 Å². The molecule has 12 aromatic rings. The molecule has 0 saturated heterocycles. The molecule has 0 amide bonds. The van der Waals surface area contributed by atoms with Gasteiger partial charge in [0.25, 0.3) is 0 Å². The van der Waals surface area contributed by atoms with Crippen molar-refractivity contribution in [3.8, 4) is 61.3 Å². The molecule has 2 nitrogen and oxygen atoms in total. The fourth-order valence-electron chi connectivity index (χ4n) is 11.9. The van der Waals surface area contributed by atoms with Crippen LogP contribution in [0.3, 0.4) is 0 Å². The van der Waals surface area contributed by atoms with Crippen molar-refractivity contribution in [2.75, 3.05) is 4.90 Å². The van der Waals surface area contributed by atoms with Crippen LogP contribution in [0.4, 0.5) is 17.1 Å². The topological polar surface area (TPSA) is 8.17 Å². The van der Waals surface area contributed by atoms with E-state index in [4.69, 9.17) is 0 Å². The van der Waals surface area contributed by atoms with Crippen molar-refractivity contribution in [3.05, 3.63) is 289 Å². The number of rotatable bonds is 7. The molecule has 1 aliphatic heterocycles. The molecular weight excluding hydrogens is 833 g/mol. The van der Waals surface area contributed by atoms with Crippen molar-refractivity contribution in [1.29, 1.82) is 0 Å². The van der Waals surface area contributed by atoms with Crippen LogP contribution in [0, 0.1) is 0 Å². The third-order valence-electron chi connectivity index (χ3n) is 14.8. The number of benzene rings is 11. The second kappa shape index (κ2) is 15.6. The highest BCUT2D eigenvalue weighted by atomic mass is 15.1. The van der Waals surface area contributed by atoms with E-state index in [0.29, 0.717) is 0 Å². The van der Waals surface area contributed by atoms with E-state index >= 15 is 0 Å². The van der Waals surface area contributed by atoms with Gasteiger partial charge >= 0.3 is 0 Å². The van der Waals surface area contributed by atoms with Crippen LogP contribution in [0.15, 0.2) is 267 Å². The van der Waals surface area contributed by atoms with E-state index < -0.39 is 5.41 Å². The van der Waals surface area contributed by atoms with Crippen LogP contribution in [-0.2, 0) is 5.41 Å². The molecule has 69 heavy (non-hydrogen) atoms. The van der Waals surface area contributed by atoms with E-state index in [1.807, 2.05) is 0 Å². The second-order valence-corrected chi connectivity index (χ2v) is 18.4. The molecule has 0 radical (unpaired) electrons. The summed E-state index contributed by atoms with van der Waals surface area (Å²) in [5.41, 5.74) is 24.0. The fourth-order valence-corrected chi connectivity index (χ4v) is 11.9. The Kier molecular flexibility index (Phi) is 8.84. The molecule has 0 fully saturated rings. The lowest BCUT2D eigenvalue weighted by Crippen LogP contribution is -2.34. The highest BCUT2D eigenvalue weighted by Crippen LogP contribution is 2.63. The van der Waals surface area contributed by atoms with Gasteiger partial charge in [-0.05, 0) is 115 Å². The van der Waals surface area contributed by atoms with Crippen molar-refractivity contribution in [1.82, 2.24) is 4.57 Å². The zero-order valence-electron chi connectivity index (χ0n) is 37.8. The molecule has 2 heteroatoms. The maximum atomic E-state index is 2.52. The minimum atomic E-state index is -0.550. The predicted molar refractivity (Wildman–Crippen MR) is 288 cm³/mol. The summed E-state index contributed by atoms with van der Waals surface area (Å²) in [7, 11) is 0. The minimum Gasteiger partial charge on any atom is -0.310 e. The molecule has 1 aliphatic carbocycles. The largest absolute Gasteiger partial charge is 0.310 e. The molecular formula is C67H44N2. The Bertz CT molecular complexity index is 3920. The third-order valence-corrected chi connectivity index (χ3v) is 14.8. The smallest absolute Gasteiger partial charge is 0.0760 e. The van der Waals surface area contributed by atoms with Crippen LogP contribution in [-0.4, -0.2) is 4.57 Å². The van der Waals surface area contributed by atoms with Crippen molar-refractivity contribution in [3.63, 3.8) is 0 Å². The number of nitrogens with zero attached hydrogens (tertiary/aromatic N) is 2. The fraction of sp³-hybridized carbons (Fsp3) is 0.0149. The summed E-state index contributed by atoms with van der Waals surface area (Å²) in [5, 5.41) is 2.57. The van der Waals surface area contributed by atoms with Gasteiger partial charge in [0.1, 0.15) is 0 Å². The number of hydrogen-bond donors (Lipinski definition) is 0. The molecule has 0 N–H and O–H groups in total. The summed E-state index contributed by atoms with van der Waals surface area (Å²) >= 11 is 0. The number of para-hydroxylation sites is 4. The Balaban J connectivity index is 0.931. The van der Waals surface area contributed by atoms with Crippen LogP contribution >= 0.6 is 0 Å². The van der Waals surface area contributed by atoms with E-state index in [0.717, 1.165) is 17.1 Å². The van der Waals surface area contributed by atoms with E-state index in [1.165, 1.54) is 105 Å². The normalized spacial score (nSPS) is 14.1. The first-order valence-electron chi connectivity index (χ1n) is 23.9. The Hall–Kier alpha value is -8.98. The van der Waals surface area contributed by atoms with E-state index in [2.05, 4.69) is 276 Å². The quantitative estimate of drug-likeness (QED) is 0.155. The molecule has 1 aromatic heterocycles. The summed E-state index contributed by atoms with van der Waals surface area (Å²) in [5.74, 6) is 0. The predicted octanol–water partition coefficient (Wildman–Crippen LogP) is 17.6. The van der Waals surface area contributed by atoms with Gasteiger partial charge in [-0.15, -0.1) is 0 Å². The molecule has 14 rings (SSSR count). The van der Waals surface area contributed by atoms with Gasteiger partial charge in [-0.25, -0.2) is 0 Å². The van der Waals surface area contributed by atoms with Crippen LogP contribution < -0.4 is 4.90 Å². The molecule has 11 aromatic carbocycles. The van der Waals surface area contributed by atoms with Gasteiger partial charge < -0.3 is 9.47 Å². The van der Waals surface area contributed by atoms with Crippen LogP contribution in [0.2, 0.25) is 0 Å². The average Bonchev–Trinajstić information content (AvgIpc) is 3.93. The van der Waals surface area contributed by atoms with E-state index in [9.17, 15) is 0 Å². The van der Waals surface area contributed by atoms with Crippen molar-refractivity contribution >= 4 is 38.9 Å². The molecule has 1 spiro atoms. The summed E-state index contributed by atoms with van der Waals surface area (Å²) < 4.78 is 2.52. The van der Waals surface area contributed by atoms with Crippen LogP contribution in [0.5, 0.6) is 0 Å². The lowest BCUT2D eigenvalue weighted by molar-refractivity contribution is 0.750. The minimum absolute atomic E-state index is 0.550. The zero-order valence-corrected chi connectivity index (χ0v) is 37.8. The first-order chi connectivity index (χ1) is 34.3. The summed E-state index contributed by atoms with van der Waals surface area (Å²) in [6, 6.07) is 98.4. The molecule has 0 bridgehead atoms. The number of aromatic nitrogens is 1. The summed E-state index contributed by atoms with van der Waals surface area (Å²) in [4.78, 5) is 2.41. The second-order valence-electron chi connectivity index (χ2n) is 18.4. The highest BCUT2D eigenvalue weighted by Gasteiger charge is 2.52. The summed E-state index contributed by atoms with van der Waals surface area (Å²) in [6.45, 7) is 0. The standard InChI is InChI=1S/C67H44N2/c1-3-17-45(18-4-1)46-33-35-47(36-34-46)48-37-41-51(42-38-48)68(62-30-12-8-21-53(62)49-19-5-2-6-20-49)52-43-39-50(40-44-52)54-24-15-25-57-55-22-7-10-27-59(55)67(65(54)57)60-28-11-14-32-64(60)69-63-31-13-9-23-56(63)58-26-16-29-61(67)66(58)69/h1-44H. The van der Waals surface area contributed by atoms with Gasteiger partial charge in [0.2, 0.25) is 0 Å². The number of hydrogen-bond acceptors (Lipinski definition) is 1. The van der Waals surface area contributed by atoms with Crippen molar-refractivity contribution in [2.24, 2.45) is 0 Å². The summed E-state index contributed by atoms with van der Waals surface area (Å²) in [6.07, 6.45) is 0. The zero-order chi connectivity index (χ0) is 45.5. The Morgan fingerprint density at radius 1 is 0.290 bits per heavy atom. The van der Waals surface area contributed by atoms with Gasteiger partial charge in [0.15, 0.2) is 0 Å². The van der Waals surface area contributed by atoms with Crippen LogP contribution in [0.25, 0.3) is 83.1 Å². The highest BCUT2D eigenvalue weighted by molar-refractivity contribution is 6.13. The Morgan fingerprint density at radius 3 is 1.48 bits per heavy atom. The van der Waals surface area contributed by atoms with Gasteiger partial charge in [0, 0.05) is 27.7 Å². The lowest BCUT2D eigenvalue weighted by Gasteiger charge is -2.40. The van der Waals surface area contributed by atoms with Gasteiger partial charge in [0.05, 0.1) is 27.8 Å². The van der Waals surface area contributed by atoms with E-state index in [1.54, 1.807) is 0 Å². The van der Waals surface area contributed by atoms with Gasteiger partial charge in [-0.3, -0.25) is 0 Å². The lowest BCUT2D eigenvalue weighted by atomic mass is 9.64.